The van der Waals surface area contributed by atoms with E-state index >= 15 is 0 Å². The molecule has 2 atom stereocenters. The third kappa shape index (κ3) is 8.09. The number of ether oxygens (including phenoxy) is 1. The zero-order valence-corrected chi connectivity index (χ0v) is 24.2. The molecule has 39 heavy (non-hydrogen) atoms. The van der Waals surface area contributed by atoms with E-state index in [0.717, 1.165) is 75.8 Å². The fourth-order valence-electron chi connectivity index (χ4n) is 5.70. The van der Waals surface area contributed by atoms with Crippen LogP contribution in [0.5, 0.6) is 11.5 Å². The standard InChI is InChI=1S/C32H44BN3O3/c1-23-11-10-16-36(23)31(37)30(32(2,3)4)35-15-9-7-5-6-8-12-24-17-25(21-34)19-28(18-24)39-27-13-14-29-26(20-27)22-38-33-29/h13-14,17-20,23,30,33,35H,5-12,15-16,22H2,1-4H3. The number of rotatable bonds is 12. The van der Waals surface area contributed by atoms with Crippen LogP contribution in [0.1, 0.15) is 89.3 Å². The number of amides is 1. The minimum absolute atomic E-state index is 0.102. The normalized spacial score (nSPS) is 17.4. The highest BCUT2D eigenvalue weighted by atomic mass is 16.5. The summed E-state index contributed by atoms with van der Waals surface area (Å²) in [5.74, 6) is 1.75. The van der Waals surface area contributed by atoms with Gasteiger partial charge < -0.3 is 19.6 Å². The van der Waals surface area contributed by atoms with Gasteiger partial charge in [0.1, 0.15) is 11.5 Å². The fraction of sp³-hybridized carbons (Fsp3) is 0.562. The van der Waals surface area contributed by atoms with Crippen molar-refractivity contribution in [2.24, 2.45) is 5.41 Å². The van der Waals surface area contributed by atoms with E-state index in [9.17, 15) is 10.1 Å². The lowest BCUT2D eigenvalue weighted by atomic mass is 9.85. The van der Waals surface area contributed by atoms with Crippen LogP contribution in [0.3, 0.4) is 0 Å². The summed E-state index contributed by atoms with van der Waals surface area (Å²) in [4.78, 5) is 15.3. The molecule has 0 aliphatic carbocycles. The zero-order valence-electron chi connectivity index (χ0n) is 24.2. The maximum atomic E-state index is 13.2. The number of carbonyl (C=O) groups is 1. The molecule has 2 aromatic rings. The Bertz CT molecular complexity index is 1170. The molecule has 2 aliphatic heterocycles. The molecule has 0 saturated carbocycles. The van der Waals surface area contributed by atoms with Crippen LogP contribution in [0.25, 0.3) is 0 Å². The maximum Gasteiger partial charge on any atom is 0.309 e. The van der Waals surface area contributed by atoms with Crippen molar-refractivity contribution in [1.29, 1.82) is 5.26 Å². The Morgan fingerprint density at radius 3 is 2.69 bits per heavy atom. The summed E-state index contributed by atoms with van der Waals surface area (Å²) in [6.07, 6.45) is 8.76. The zero-order chi connectivity index (χ0) is 27.8. The lowest BCUT2D eigenvalue weighted by Crippen LogP contribution is -2.54. The van der Waals surface area contributed by atoms with E-state index in [0.29, 0.717) is 31.4 Å². The second kappa shape index (κ2) is 13.5. The number of nitrogens with zero attached hydrogens (tertiary/aromatic N) is 2. The summed E-state index contributed by atoms with van der Waals surface area (Å²) in [6.45, 7) is 11.0. The van der Waals surface area contributed by atoms with Crippen LogP contribution >= 0.6 is 0 Å². The Balaban J connectivity index is 1.18. The lowest BCUT2D eigenvalue weighted by Gasteiger charge is -2.35. The fourth-order valence-corrected chi connectivity index (χ4v) is 5.70. The number of hydrogen-bond acceptors (Lipinski definition) is 5. The van der Waals surface area contributed by atoms with E-state index < -0.39 is 0 Å². The molecule has 0 radical (unpaired) electrons. The molecule has 2 aliphatic rings. The summed E-state index contributed by atoms with van der Waals surface area (Å²) < 4.78 is 11.6. The van der Waals surface area contributed by atoms with Crippen molar-refractivity contribution in [3.05, 3.63) is 53.1 Å². The third-order valence-corrected chi connectivity index (χ3v) is 7.96. The molecular weight excluding hydrogens is 485 g/mol. The van der Waals surface area contributed by atoms with Crippen molar-refractivity contribution in [3.63, 3.8) is 0 Å². The minimum Gasteiger partial charge on any atom is -0.457 e. The first kappa shape index (κ1) is 29.2. The number of fused-ring (bicyclic) bond motifs is 1. The van der Waals surface area contributed by atoms with Crippen molar-refractivity contribution >= 4 is 18.9 Å². The predicted octanol–water partition coefficient (Wildman–Crippen LogP) is 5.37. The molecule has 1 saturated heterocycles. The van der Waals surface area contributed by atoms with Gasteiger partial charge in [-0.05, 0) is 97.9 Å². The molecule has 2 heterocycles. The van der Waals surface area contributed by atoms with Crippen LogP contribution in [-0.2, 0) is 22.5 Å². The first-order valence-electron chi connectivity index (χ1n) is 14.7. The number of nitrogens with one attached hydrogen (secondary N) is 1. The van der Waals surface area contributed by atoms with Crippen LogP contribution < -0.4 is 15.5 Å². The van der Waals surface area contributed by atoms with Gasteiger partial charge in [0.15, 0.2) is 0 Å². The molecule has 1 fully saturated rings. The van der Waals surface area contributed by atoms with E-state index in [2.05, 4.69) is 56.1 Å². The molecular formula is C32H44BN3O3. The third-order valence-electron chi connectivity index (χ3n) is 7.96. The molecule has 0 bridgehead atoms. The first-order valence-corrected chi connectivity index (χ1v) is 14.7. The quantitative estimate of drug-likeness (QED) is 0.296. The Morgan fingerprint density at radius 2 is 1.95 bits per heavy atom. The van der Waals surface area contributed by atoms with Crippen molar-refractivity contribution in [3.8, 4) is 17.6 Å². The molecule has 2 aromatic carbocycles. The van der Waals surface area contributed by atoms with Gasteiger partial charge in [-0.1, -0.05) is 46.1 Å². The van der Waals surface area contributed by atoms with Gasteiger partial charge in [0, 0.05) is 12.6 Å². The number of nitriles is 1. The highest BCUT2D eigenvalue weighted by Crippen LogP contribution is 2.27. The Labute approximate surface area is 235 Å². The number of likely N-dealkylation sites (tertiary alicyclic amines) is 1. The molecule has 1 amide bonds. The second-order valence-corrected chi connectivity index (χ2v) is 12.3. The van der Waals surface area contributed by atoms with Gasteiger partial charge in [-0.15, -0.1) is 0 Å². The monoisotopic (exact) mass is 529 g/mol. The summed E-state index contributed by atoms with van der Waals surface area (Å²) in [7, 11) is 0.662. The van der Waals surface area contributed by atoms with Gasteiger partial charge in [0.25, 0.3) is 0 Å². The minimum atomic E-state index is -0.132. The van der Waals surface area contributed by atoms with E-state index in [1.807, 2.05) is 18.2 Å². The van der Waals surface area contributed by atoms with Gasteiger partial charge in [-0.25, -0.2) is 0 Å². The summed E-state index contributed by atoms with van der Waals surface area (Å²) in [5.41, 5.74) is 4.04. The van der Waals surface area contributed by atoms with E-state index in [4.69, 9.17) is 9.39 Å². The average molecular weight is 530 g/mol. The van der Waals surface area contributed by atoms with Gasteiger partial charge >= 0.3 is 7.48 Å². The van der Waals surface area contributed by atoms with Gasteiger partial charge in [-0.2, -0.15) is 5.26 Å². The summed E-state index contributed by atoms with van der Waals surface area (Å²) in [6, 6.07) is 14.4. The van der Waals surface area contributed by atoms with E-state index in [1.165, 1.54) is 11.0 Å². The van der Waals surface area contributed by atoms with Crippen molar-refractivity contribution in [2.75, 3.05) is 13.1 Å². The van der Waals surface area contributed by atoms with E-state index in [-0.39, 0.29) is 17.4 Å². The highest BCUT2D eigenvalue weighted by molar-refractivity contribution is 6.48. The van der Waals surface area contributed by atoms with Crippen LogP contribution in [0.2, 0.25) is 0 Å². The largest absolute Gasteiger partial charge is 0.457 e. The van der Waals surface area contributed by atoms with Gasteiger partial charge in [-0.3, -0.25) is 4.79 Å². The first-order chi connectivity index (χ1) is 18.7. The Kier molecular flexibility index (Phi) is 10.1. The van der Waals surface area contributed by atoms with Crippen LogP contribution in [-0.4, -0.2) is 43.5 Å². The number of aryl methyl sites for hydroxylation is 1. The Morgan fingerprint density at radius 1 is 1.15 bits per heavy atom. The average Bonchev–Trinajstić information content (AvgIpc) is 3.55. The summed E-state index contributed by atoms with van der Waals surface area (Å²) >= 11 is 0. The van der Waals surface area contributed by atoms with Gasteiger partial charge in [0.2, 0.25) is 5.91 Å². The smallest absolute Gasteiger partial charge is 0.309 e. The molecule has 6 nitrogen and oxygen atoms in total. The van der Waals surface area contributed by atoms with Crippen LogP contribution in [0.15, 0.2) is 36.4 Å². The number of hydrogen-bond donors (Lipinski definition) is 1. The molecule has 208 valence electrons. The molecule has 0 spiro atoms. The topological polar surface area (TPSA) is 74.6 Å². The lowest BCUT2D eigenvalue weighted by molar-refractivity contribution is -0.136. The highest BCUT2D eigenvalue weighted by Gasteiger charge is 2.36. The van der Waals surface area contributed by atoms with Crippen molar-refractivity contribution in [1.82, 2.24) is 10.2 Å². The maximum absolute atomic E-state index is 13.2. The number of unbranched alkanes of at least 4 members (excludes halogenated alkanes) is 4. The molecule has 7 heteroatoms. The summed E-state index contributed by atoms with van der Waals surface area (Å²) in [5, 5.41) is 13.1. The van der Waals surface area contributed by atoms with Gasteiger partial charge in [0.05, 0.1) is 24.3 Å². The SMILES string of the molecule is CC1CCCN1C(=O)C(NCCCCCCCc1cc(C#N)cc(Oc2ccc3c(c2)COB3)c1)C(C)(C)C. The number of carbonyl (C=O) groups excluding carboxylic acids is 1. The Hall–Kier alpha value is -2.82. The molecule has 2 unspecified atom stereocenters. The molecule has 0 aromatic heterocycles. The van der Waals surface area contributed by atoms with Crippen molar-refractivity contribution < 1.29 is 14.2 Å². The molecule has 1 N–H and O–H groups in total. The number of benzene rings is 2. The second-order valence-electron chi connectivity index (χ2n) is 12.3. The predicted molar refractivity (Wildman–Crippen MR) is 158 cm³/mol. The van der Waals surface area contributed by atoms with E-state index in [1.54, 1.807) is 6.07 Å². The van der Waals surface area contributed by atoms with Crippen LogP contribution in [0.4, 0.5) is 0 Å². The van der Waals surface area contributed by atoms with Crippen LogP contribution in [0, 0.1) is 16.7 Å². The van der Waals surface area contributed by atoms with Crippen molar-refractivity contribution in [2.45, 2.75) is 97.8 Å². The molecule has 4 rings (SSSR count).